The first-order valence-corrected chi connectivity index (χ1v) is 6.82. The van der Waals surface area contributed by atoms with E-state index < -0.39 is 5.97 Å². The lowest BCUT2D eigenvalue weighted by Crippen LogP contribution is -2.49. The fourth-order valence-corrected chi connectivity index (χ4v) is 2.35. The van der Waals surface area contributed by atoms with Gasteiger partial charge in [0.25, 0.3) is 0 Å². The molecule has 0 aliphatic carbocycles. The van der Waals surface area contributed by atoms with Crippen molar-refractivity contribution in [2.75, 3.05) is 33.4 Å². The fraction of sp³-hybridized carbons (Fsp3) is 0.846. The average Bonchev–Trinajstić information content (AvgIpc) is 2.58. The Labute approximate surface area is 114 Å². The van der Waals surface area contributed by atoms with Crippen LogP contribution < -0.4 is 0 Å². The first-order valence-electron chi connectivity index (χ1n) is 6.82. The molecule has 0 radical (unpaired) electrons. The highest BCUT2D eigenvalue weighted by Gasteiger charge is 2.27. The zero-order valence-corrected chi connectivity index (χ0v) is 11.8. The maximum Gasteiger partial charge on any atom is 0.323 e. The molecule has 1 aliphatic rings. The van der Waals surface area contributed by atoms with Crippen molar-refractivity contribution in [3.8, 4) is 0 Å². The predicted molar refractivity (Wildman–Crippen MR) is 71.1 cm³/mol. The van der Waals surface area contributed by atoms with Gasteiger partial charge in [0.15, 0.2) is 0 Å². The standard InChI is InChI=1S/C13H24N2O4/c1-11-6-4-3-5-7-15(11)13(18)14(8-9-19-2)10-12(16)17/h11H,3-10H2,1-2H3,(H,16,17). The number of nitrogens with zero attached hydrogens (tertiary/aromatic N) is 2. The van der Waals surface area contributed by atoms with Crippen LogP contribution >= 0.6 is 0 Å². The SMILES string of the molecule is COCCN(CC(=O)O)C(=O)N1CCCCCC1C. The number of ether oxygens (including phenoxy) is 1. The summed E-state index contributed by atoms with van der Waals surface area (Å²) in [6.07, 6.45) is 4.23. The Morgan fingerprint density at radius 3 is 2.74 bits per heavy atom. The van der Waals surface area contributed by atoms with E-state index in [0.717, 1.165) is 25.7 Å². The van der Waals surface area contributed by atoms with E-state index in [2.05, 4.69) is 0 Å². The first-order chi connectivity index (χ1) is 9.06. The van der Waals surface area contributed by atoms with E-state index in [1.807, 2.05) is 6.92 Å². The minimum absolute atomic E-state index is 0.175. The summed E-state index contributed by atoms with van der Waals surface area (Å²) in [5, 5.41) is 8.90. The molecule has 1 rings (SSSR count). The number of carbonyl (C=O) groups excluding carboxylic acids is 1. The molecule has 0 saturated carbocycles. The molecule has 0 aromatic rings. The molecule has 1 aliphatic heterocycles. The van der Waals surface area contributed by atoms with Crippen LogP contribution in [0.3, 0.4) is 0 Å². The van der Waals surface area contributed by atoms with Crippen LogP contribution in [-0.2, 0) is 9.53 Å². The predicted octanol–water partition coefficient (Wildman–Crippen LogP) is 1.40. The van der Waals surface area contributed by atoms with E-state index in [1.165, 1.54) is 12.0 Å². The minimum atomic E-state index is -0.994. The van der Waals surface area contributed by atoms with Gasteiger partial charge < -0.3 is 19.6 Å². The van der Waals surface area contributed by atoms with Crippen LogP contribution in [0.4, 0.5) is 4.79 Å². The third kappa shape index (κ3) is 5.06. The van der Waals surface area contributed by atoms with Gasteiger partial charge in [0.05, 0.1) is 6.61 Å². The van der Waals surface area contributed by atoms with E-state index in [9.17, 15) is 9.59 Å². The molecule has 6 nitrogen and oxygen atoms in total. The molecule has 6 heteroatoms. The van der Waals surface area contributed by atoms with Gasteiger partial charge in [0.2, 0.25) is 0 Å². The molecule has 1 unspecified atom stereocenters. The molecule has 110 valence electrons. The molecular formula is C13H24N2O4. The highest BCUT2D eigenvalue weighted by molar-refractivity contribution is 5.80. The van der Waals surface area contributed by atoms with Gasteiger partial charge in [-0.1, -0.05) is 12.8 Å². The normalized spacial score (nSPS) is 19.9. The topological polar surface area (TPSA) is 70.1 Å². The maximum atomic E-state index is 12.4. The molecule has 1 fully saturated rings. The second-order valence-corrected chi connectivity index (χ2v) is 4.98. The summed E-state index contributed by atoms with van der Waals surface area (Å²) in [5.41, 5.74) is 0. The molecule has 1 saturated heterocycles. The van der Waals surface area contributed by atoms with Crippen molar-refractivity contribution in [2.45, 2.75) is 38.6 Å². The van der Waals surface area contributed by atoms with Crippen molar-refractivity contribution in [2.24, 2.45) is 0 Å². The number of methoxy groups -OCH3 is 1. The van der Waals surface area contributed by atoms with Gasteiger partial charge in [-0.15, -0.1) is 0 Å². The summed E-state index contributed by atoms with van der Waals surface area (Å²) in [5.74, 6) is -0.994. The van der Waals surface area contributed by atoms with Crippen molar-refractivity contribution >= 4 is 12.0 Å². The lowest BCUT2D eigenvalue weighted by atomic mass is 10.1. The number of hydrogen-bond donors (Lipinski definition) is 1. The van der Waals surface area contributed by atoms with Crippen molar-refractivity contribution < 1.29 is 19.4 Å². The van der Waals surface area contributed by atoms with Crippen LogP contribution in [0, 0.1) is 0 Å². The van der Waals surface area contributed by atoms with Crippen LogP contribution in [0.1, 0.15) is 32.6 Å². The lowest BCUT2D eigenvalue weighted by molar-refractivity contribution is -0.137. The highest BCUT2D eigenvalue weighted by atomic mass is 16.5. The number of urea groups is 1. The van der Waals surface area contributed by atoms with Crippen LogP contribution in [0.5, 0.6) is 0 Å². The number of rotatable bonds is 5. The van der Waals surface area contributed by atoms with E-state index in [4.69, 9.17) is 9.84 Å². The van der Waals surface area contributed by atoms with Crippen LogP contribution in [0.15, 0.2) is 0 Å². The number of amides is 2. The van der Waals surface area contributed by atoms with E-state index in [1.54, 1.807) is 4.90 Å². The summed E-state index contributed by atoms with van der Waals surface area (Å²) in [6.45, 7) is 3.12. The number of carboxylic acid groups (broad SMARTS) is 1. The number of hydrogen-bond acceptors (Lipinski definition) is 3. The fourth-order valence-electron chi connectivity index (χ4n) is 2.35. The summed E-state index contributed by atoms with van der Waals surface area (Å²) >= 11 is 0. The number of likely N-dealkylation sites (tertiary alicyclic amines) is 1. The Bertz CT molecular complexity index is 309. The molecule has 0 aromatic heterocycles. The van der Waals surface area contributed by atoms with Crippen LogP contribution in [0.25, 0.3) is 0 Å². The monoisotopic (exact) mass is 272 g/mol. The first kappa shape index (κ1) is 15.8. The Morgan fingerprint density at radius 1 is 1.37 bits per heavy atom. The van der Waals surface area contributed by atoms with Gasteiger partial charge in [0.1, 0.15) is 6.54 Å². The van der Waals surface area contributed by atoms with Gasteiger partial charge in [-0.3, -0.25) is 4.79 Å². The van der Waals surface area contributed by atoms with Crippen molar-refractivity contribution in [1.29, 1.82) is 0 Å². The molecule has 1 N–H and O–H groups in total. The van der Waals surface area contributed by atoms with E-state index in [0.29, 0.717) is 19.7 Å². The zero-order valence-electron chi connectivity index (χ0n) is 11.8. The molecule has 19 heavy (non-hydrogen) atoms. The molecule has 0 bridgehead atoms. The van der Waals surface area contributed by atoms with Crippen LogP contribution in [-0.4, -0.2) is 66.3 Å². The largest absolute Gasteiger partial charge is 0.480 e. The van der Waals surface area contributed by atoms with Gasteiger partial charge in [-0.05, 0) is 19.8 Å². The number of carbonyl (C=O) groups is 2. The Morgan fingerprint density at radius 2 is 2.11 bits per heavy atom. The van der Waals surface area contributed by atoms with Gasteiger partial charge in [-0.2, -0.15) is 0 Å². The highest BCUT2D eigenvalue weighted by Crippen LogP contribution is 2.17. The van der Waals surface area contributed by atoms with E-state index in [-0.39, 0.29) is 18.6 Å². The van der Waals surface area contributed by atoms with Crippen molar-refractivity contribution in [3.05, 3.63) is 0 Å². The Hall–Kier alpha value is -1.30. The summed E-state index contributed by atoms with van der Waals surface area (Å²) in [7, 11) is 1.54. The van der Waals surface area contributed by atoms with Crippen molar-refractivity contribution in [1.82, 2.24) is 9.80 Å². The maximum absolute atomic E-state index is 12.4. The third-order valence-electron chi connectivity index (χ3n) is 3.46. The molecule has 0 aromatic carbocycles. The summed E-state index contributed by atoms with van der Waals surface area (Å²) in [4.78, 5) is 26.4. The number of aliphatic carboxylic acids is 1. The van der Waals surface area contributed by atoms with Crippen molar-refractivity contribution in [3.63, 3.8) is 0 Å². The van der Waals surface area contributed by atoms with E-state index >= 15 is 0 Å². The Kier molecular flexibility index (Phi) is 6.62. The smallest absolute Gasteiger partial charge is 0.323 e. The van der Waals surface area contributed by atoms with Gasteiger partial charge >= 0.3 is 12.0 Å². The third-order valence-corrected chi connectivity index (χ3v) is 3.46. The zero-order chi connectivity index (χ0) is 14.3. The molecule has 0 spiro atoms. The molecule has 1 atom stereocenters. The quantitative estimate of drug-likeness (QED) is 0.821. The second kappa shape index (κ2) is 7.99. The Balaban J connectivity index is 2.69. The minimum Gasteiger partial charge on any atom is -0.480 e. The average molecular weight is 272 g/mol. The second-order valence-electron chi connectivity index (χ2n) is 4.98. The summed E-state index contributed by atoms with van der Waals surface area (Å²) in [6, 6.07) is -0.0114. The molecule has 2 amide bonds. The van der Waals surface area contributed by atoms with Crippen LogP contribution in [0.2, 0.25) is 0 Å². The number of carboxylic acids is 1. The molecule has 1 heterocycles. The van der Waals surface area contributed by atoms with Gasteiger partial charge in [0, 0.05) is 26.2 Å². The summed E-state index contributed by atoms with van der Waals surface area (Å²) < 4.78 is 4.94. The van der Waals surface area contributed by atoms with Gasteiger partial charge in [-0.25, -0.2) is 4.79 Å². The lowest BCUT2D eigenvalue weighted by Gasteiger charge is -2.32. The molecular weight excluding hydrogens is 248 g/mol.